The van der Waals surface area contributed by atoms with E-state index >= 15 is 0 Å². The molecule has 2 aromatic rings. The second-order valence-corrected chi connectivity index (χ2v) is 4.98. The number of hydrogen-bond acceptors (Lipinski definition) is 6. The summed E-state index contributed by atoms with van der Waals surface area (Å²) in [5.41, 5.74) is 1.12. The molecule has 0 saturated carbocycles. The number of fused-ring (bicyclic) bond motifs is 1. The highest BCUT2D eigenvalue weighted by Gasteiger charge is 2.30. The fourth-order valence-corrected chi connectivity index (χ4v) is 2.32. The second-order valence-electron chi connectivity index (χ2n) is 4.98. The number of carbonyl (C=O) groups excluding carboxylic acids is 2. The quantitative estimate of drug-likeness (QED) is 0.491. The summed E-state index contributed by atoms with van der Waals surface area (Å²) in [5, 5.41) is 0. The van der Waals surface area contributed by atoms with Crippen LogP contribution < -0.4 is 9.47 Å². The van der Waals surface area contributed by atoms with E-state index in [1.54, 1.807) is 25.1 Å². The average Bonchev–Trinajstić information content (AvgIpc) is 3.09. The number of esters is 1. The van der Waals surface area contributed by atoms with Crippen LogP contribution in [-0.2, 0) is 9.53 Å². The van der Waals surface area contributed by atoms with Crippen molar-refractivity contribution in [3.05, 3.63) is 53.2 Å². The van der Waals surface area contributed by atoms with Crippen LogP contribution in [0.2, 0.25) is 0 Å². The third-order valence-corrected chi connectivity index (χ3v) is 3.25. The first kappa shape index (κ1) is 15.1. The molecule has 6 heteroatoms. The van der Waals surface area contributed by atoms with Crippen LogP contribution in [-0.4, -0.2) is 25.5 Å². The van der Waals surface area contributed by atoms with Gasteiger partial charge in [-0.1, -0.05) is 0 Å². The first-order chi connectivity index (χ1) is 11.1. The normalized spacial score (nSPS) is 14.7. The first-order valence-corrected chi connectivity index (χ1v) is 6.90. The number of furan rings is 1. The molecule has 0 radical (unpaired) electrons. The molecule has 1 aliphatic rings. The van der Waals surface area contributed by atoms with E-state index in [-0.39, 0.29) is 18.1 Å². The maximum Gasteiger partial charge on any atom is 0.337 e. The largest absolute Gasteiger partial charge is 0.465 e. The van der Waals surface area contributed by atoms with E-state index in [0.717, 1.165) is 0 Å². The van der Waals surface area contributed by atoms with Gasteiger partial charge in [-0.3, -0.25) is 4.79 Å². The number of rotatable bonds is 4. The van der Waals surface area contributed by atoms with E-state index < -0.39 is 5.97 Å². The van der Waals surface area contributed by atoms with Crippen LogP contribution in [0.25, 0.3) is 6.08 Å². The third kappa shape index (κ3) is 3.02. The zero-order chi connectivity index (χ0) is 16.4. The minimum atomic E-state index is -0.525. The van der Waals surface area contributed by atoms with Crippen molar-refractivity contribution in [2.45, 2.75) is 6.92 Å². The number of methoxy groups -OCH3 is 1. The van der Waals surface area contributed by atoms with Gasteiger partial charge in [0.05, 0.1) is 11.8 Å². The van der Waals surface area contributed by atoms with Crippen molar-refractivity contribution in [3.8, 4) is 11.5 Å². The van der Waals surface area contributed by atoms with Crippen LogP contribution >= 0.6 is 0 Å². The molecule has 1 aromatic heterocycles. The van der Waals surface area contributed by atoms with Crippen LogP contribution in [0.4, 0.5) is 0 Å². The molecule has 0 fully saturated rings. The molecule has 0 aliphatic carbocycles. The number of benzene rings is 1. The Hall–Kier alpha value is -2.86. The van der Waals surface area contributed by atoms with Crippen LogP contribution in [0.15, 0.2) is 40.7 Å². The van der Waals surface area contributed by atoms with Gasteiger partial charge in [0.25, 0.3) is 0 Å². The van der Waals surface area contributed by atoms with Gasteiger partial charge in [-0.05, 0) is 30.7 Å². The molecule has 6 nitrogen and oxygen atoms in total. The standard InChI is InChI=1S/C17H14O6/c1-10-6-12(22-15(18)9-20-2)8-13-16(10)17(19)14(23-13)7-11-4-3-5-21-11/h3-8H,9H2,1-2H3/b14-7-. The highest BCUT2D eigenvalue weighted by atomic mass is 16.6. The van der Waals surface area contributed by atoms with Gasteiger partial charge < -0.3 is 18.6 Å². The van der Waals surface area contributed by atoms with E-state index in [1.165, 1.54) is 25.5 Å². The van der Waals surface area contributed by atoms with Crippen molar-refractivity contribution in [1.82, 2.24) is 0 Å². The van der Waals surface area contributed by atoms with E-state index in [2.05, 4.69) is 0 Å². The molecule has 1 aromatic carbocycles. The third-order valence-electron chi connectivity index (χ3n) is 3.25. The monoisotopic (exact) mass is 314 g/mol. The molecule has 0 amide bonds. The van der Waals surface area contributed by atoms with Crippen molar-refractivity contribution < 1.29 is 28.2 Å². The summed E-state index contributed by atoms with van der Waals surface area (Å²) in [6.45, 7) is 1.60. The Morgan fingerprint density at radius 2 is 2.17 bits per heavy atom. The molecule has 1 aliphatic heterocycles. The summed E-state index contributed by atoms with van der Waals surface area (Å²) in [7, 11) is 1.41. The highest BCUT2D eigenvalue weighted by molar-refractivity contribution is 6.15. The lowest BCUT2D eigenvalue weighted by Gasteiger charge is -2.07. The topological polar surface area (TPSA) is 75.0 Å². The van der Waals surface area contributed by atoms with Crippen LogP contribution in [0, 0.1) is 6.92 Å². The summed E-state index contributed by atoms with van der Waals surface area (Å²) < 4.78 is 20.6. The lowest BCUT2D eigenvalue weighted by atomic mass is 10.0. The van der Waals surface area contributed by atoms with Crippen molar-refractivity contribution in [2.75, 3.05) is 13.7 Å². The Morgan fingerprint density at radius 3 is 2.87 bits per heavy atom. The Balaban J connectivity index is 1.89. The zero-order valence-corrected chi connectivity index (χ0v) is 12.6. The number of ether oxygens (including phenoxy) is 3. The molecule has 0 unspecified atom stereocenters. The lowest BCUT2D eigenvalue weighted by Crippen LogP contribution is -2.14. The summed E-state index contributed by atoms with van der Waals surface area (Å²) in [6.07, 6.45) is 3.04. The van der Waals surface area contributed by atoms with E-state index in [0.29, 0.717) is 28.4 Å². The Kier molecular flexibility index (Phi) is 3.99. The van der Waals surface area contributed by atoms with Gasteiger partial charge in [0.2, 0.25) is 5.78 Å². The molecule has 0 N–H and O–H groups in total. The number of hydrogen-bond donors (Lipinski definition) is 0. The van der Waals surface area contributed by atoms with E-state index in [4.69, 9.17) is 18.6 Å². The molecular weight excluding hydrogens is 300 g/mol. The Bertz CT molecular complexity index is 786. The molecule has 0 bridgehead atoms. The first-order valence-electron chi connectivity index (χ1n) is 6.90. The number of aryl methyl sites for hydroxylation is 1. The zero-order valence-electron chi connectivity index (χ0n) is 12.6. The number of allylic oxidation sites excluding steroid dienone is 1. The molecule has 3 rings (SSSR count). The maximum atomic E-state index is 12.4. The van der Waals surface area contributed by atoms with E-state index in [1.807, 2.05) is 0 Å². The van der Waals surface area contributed by atoms with Gasteiger partial charge in [0, 0.05) is 19.3 Å². The van der Waals surface area contributed by atoms with Gasteiger partial charge in [-0.15, -0.1) is 0 Å². The molecule has 2 heterocycles. The van der Waals surface area contributed by atoms with Gasteiger partial charge in [0.15, 0.2) is 5.76 Å². The fourth-order valence-electron chi connectivity index (χ4n) is 2.32. The predicted octanol–water partition coefficient (Wildman–Crippen LogP) is 2.76. The fraction of sp³-hybridized carbons (Fsp3) is 0.176. The molecule has 23 heavy (non-hydrogen) atoms. The molecular formula is C17H14O6. The minimum absolute atomic E-state index is 0.153. The van der Waals surface area contributed by atoms with Gasteiger partial charge in [0.1, 0.15) is 23.9 Å². The number of carbonyl (C=O) groups is 2. The van der Waals surface area contributed by atoms with Gasteiger partial charge in [-0.25, -0.2) is 4.79 Å². The van der Waals surface area contributed by atoms with Crippen LogP contribution in [0.1, 0.15) is 21.7 Å². The molecule has 0 saturated heterocycles. The second kappa shape index (κ2) is 6.10. The highest BCUT2D eigenvalue weighted by Crippen LogP contribution is 2.37. The smallest absolute Gasteiger partial charge is 0.337 e. The van der Waals surface area contributed by atoms with E-state index in [9.17, 15) is 9.59 Å². The van der Waals surface area contributed by atoms with Crippen molar-refractivity contribution in [2.24, 2.45) is 0 Å². The average molecular weight is 314 g/mol. The van der Waals surface area contributed by atoms with Crippen LogP contribution in [0.5, 0.6) is 11.5 Å². The number of ketones is 1. The molecule has 0 atom stereocenters. The SMILES string of the molecule is COCC(=O)Oc1cc(C)c2c(c1)O/C(=C\c1ccco1)C2=O. The van der Waals surface area contributed by atoms with Gasteiger partial charge >= 0.3 is 5.97 Å². The summed E-state index contributed by atoms with van der Waals surface area (Å²) in [6, 6.07) is 6.56. The summed E-state index contributed by atoms with van der Waals surface area (Å²) >= 11 is 0. The Morgan fingerprint density at radius 1 is 1.35 bits per heavy atom. The van der Waals surface area contributed by atoms with Gasteiger partial charge in [-0.2, -0.15) is 0 Å². The van der Waals surface area contributed by atoms with Crippen molar-refractivity contribution in [1.29, 1.82) is 0 Å². The van der Waals surface area contributed by atoms with Crippen molar-refractivity contribution in [3.63, 3.8) is 0 Å². The molecule has 118 valence electrons. The van der Waals surface area contributed by atoms with Crippen LogP contribution in [0.3, 0.4) is 0 Å². The maximum absolute atomic E-state index is 12.4. The lowest BCUT2D eigenvalue weighted by molar-refractivity contribution is -0.138. The number of Topliss-reactive ketones (excluding diaryl/α,β-unsaturated/α-hetero) is 1. The Labute approximate surface area is 132 Å². The predicted molar refractivity (Wildman–Crippen MR) is 80.3 cm³/mol. The summed E-state index contributed by atoms with van der Waals surface area (Å²) in [4.78, 5) is 23.9. The summed E-state index contributed by atoms with van der Waals surface area (Å²) in [5.74, 6) is 0.582. The van der Waals surface area contributed by atoms with Crippen molar-refractivity contribution >= 4 is 17.8 Å². The minimum Gasteiger partial charge on any atom is -0.465 e. The molecule has 0 spiro atoms.